The molecule has 5 nitrogen and oxygen atoms in total. The van der Waals surface area contributed by atoms with Crippen molar-refractivity contribution in [3.63, 3.8) is 0 Å². The van der Waals surface area contributed by atoms with Crippen LogP contribution in [0.4, 0.5) is 0 Å². The first kappa shape index (κ1) is 16.8. The quantitative estimate of drug-likeness (QED) is 0.537. The Hall–Kier alpha value is -3.60. The Morgan fingerprint density at radius 1 is 1.00 bits per heavy atom. The van der Waals surface area contributed by atoms with E-state index >= 15 is 0 Å². The lowest BCUT2D eigenvalue weighted by atomic mass is 10.1. The zero-order valence-corrected chi connectivity index (χ0v) is 14.9. The largest absolute Gasteiger partial charge is 0.467 e. The Bertz CT molecular complexity index is 1110. The second-order valence-corrected chi connectivity index (χ2v) is 6.18. The molecule has 0 spiro atoms. The molecule has 0 saturated heterocycles. The molecule has 0 radical (unpaired) electrons. The van der Waals surface area contributed by atoms with E-state index < -0.39 is 0 Å². The van der Waals surface area contributed by atoms with Gasteiger partial charge in [0.05, 0.1) is 29.8 Å². The summed E-state index contributed by atoms with van der Waals surface area (Å²) in [4.78, 5) is 17.8. The van der Waals surface area contributed by atoms with Gasteiger partial charge < -0.3 is 4.42 Å². The van der Waals surface area contributed by atoms with E-state index in [4.69, 9.17) is 4.42 Å². The average molecular weight is 357 g/mol. The van der Waals surface area contributed by atoms with Crippen molar-refractivity contribution in [3.05, 3.63) is 101 Å². The maximum atomic E-state index is 13.2. The van der Waals surface area contributed by atoms with Gasteiger partial charge in [-0.2, -0.15) is 0 Å². The van der Waals surface area contributed by atoms with E-state index in [0.717, 1.165) is 22.7 Å². The molecule has 4 aromatic rings. The normalized spacial score (nSPS) is 11.7. The van der Waals surface area contributed by atoms with E-state index in [0.29, 0.717) is 17.8 Å². The Kier molecular flexibility index (Phi) is 4.58. The lowest BCUT2D eigenvalue weighted by Crippen LogP contribution is -2.19. The molecule has 0 fully saturated rings. The number of aliphatic imine (C=N–C) groups is 1. The van der Waals surface area contributed by atoms with Crippen LogP contribution in [-0.4, -0.2) is 15.5 Å². The fraction of sp³-hybridized carbons (Fsp3) is 0.0909. The Labute approximate surface area is 156 Å². The average Bonchev–Trinajstić information content (AvgIpc) is 3.35. The standard InChI is InChI=1S/C22H19N3O2/c1-16(23-15-19-13-8-14-27-19)20-21(17-9-4-2-5-10-17)24-25(22(20)26)18-11-6-3-7-12-18/h2-14,24H,15H2,1H3. The van der Waals surface area contributed by atoms with Crippen molar-refractivity contribution in [2.75, 3.05) is 0 Å². The zero-order valence-electron chi connectivity index (χ0n) is 14.9. The van der Waals surface area contributed by atoms with Gasteiger partial charge in [0.1, 0.15) is 5.76 Å². The third kappa shape index (κ3) is 3.40. The second-order valence-electron chi connectivity index (χ2n) is 6.18. The highest BCUT2D eigenvalue weighted by Crippen LogP contribution is 2.21. The smallest absolute Gasteiger partial charge is 0.280 e. The number of rotatable bonds is 5. The number of nitrogens with zero attached hydrogens (tertiary/aromatic N) is 2. The van der Waals surface area contributed by atoms with Crippen LogP contribution in [0, 0.1) is 0 Å². The lowest BCUT2D eigenvalue weighted by Gasteiger charge is -2.03. The summed E-state index contributed by atoms with van der Waals surface area (Å²) < 4.78 is 6.90. The molecule has 27 heavy (non-hydrogen) atoms. The lowest BCUT2D eigenvalue weighted by molar-refractivity contribution is 0.513. The molecule has 0 bridgehead atoms. The van der Waals surface area contributed by atoms with Gasteiger partial charge in [-0.15, -0.1) is 0 Å². The maximum Gasteiger partial charge on any atom is 0.280 e. The highest BCUT2D eigenvalue weighted by atomic mass is 16.3. The van der Waals surface area contributed by atoms with Crippen LogP contribution < -0.4 is 5.56 Å². The molecule has 134 valence electrons. The molecule has 0 atom stereocenters. The van der Waals surface area contributed by atoms with Crippen LogP contribution in [0.15, 0.2) is 93.3 Å². The summed E-state index contributed by atoms with van der Waals surface area (Å²) in [5, 5.41) is 3.26. The van der Waals surface area contributed by atoms with E-state index in [2.05, 4.69) is 10.1 Å². The van der Waals surface area contributed by atoms with Crippen molar-refractivity contribution < 1.29 is 4.42 Å². The SMILES string of the molecule is CC(=NCc1ccco1)c1c(-c2ccccc2)[nH]n(-c2ccccc2)c1=O. The summed E-state index contributed by atoms with van der Waals surface area (Å²) in [7, 11) is 0. The van der Waals surface area contributed by atoms with Crippen molar-refractivity contribution >= 4 is 5.71 Å². The molecule has 0 aliphatic rings. The minimum Gasteiger partial charge on any atom is -0.467 e. The minimum absolute atomic E-state index is 0.124. The fourth-order valence-corrected chi connectivity index (χ4v) is 3.02. The number of H-pyrrole nitrogens is 1. The van der Waals surface area contributed by atoms with Gasteiger partial charge in [-0.05, 0) is 31.2 Å². The van der Waals surface area contributed by atoms with Gasteiger partial charge in [0.25, 0.3) is 5.56 Å². The summed E-state index contributed by atoms with van der Waals surface area (Å²) in [5.41, 5.74) is 3.58. The van der Waals surface area contributed by atoms with Gasteiger partial charge in [0.2, 0.25) is 0 Å². The van der Waals surface area contributed by atoms with E-state index in [1.165, 1.54) is 0 Å². The number of nitrogens with one attached hydrogen (secondary N) is 1. The molecule has 0 unspecified atom stereocenters. The monoisotopic (exact) mass is 357 g/mol. The summed E-state index contributed by atoms with van der Waals surface area (Å²) in [6, 6.07) is 23.0. The van der Waals surface area contributed by atoms with E-state index in [9.17, 15) is 4.79 Å². The number of hydrogen-bond acceptors (Lipinski definition) is 3. The van der Waals surface area contributed by atoms with Crippen molar-refractivity contribution in [2.45, 2.75) is 13.5 Å². The topological polar surface area (TPSA) is 63.3 Å². The fourth-order valence-electron chi connectivity index (χ4n) is 3.02. The number of furan rings is 1. The molecular weight excluding hydrogens is 338 g/mol. The first-order valence-corrected chi connectivity index (χ1v) is 8.73. The molecule has 0 saturated carbocycles. The Morgan fingerprint density at radius 3 is 2.37 bits per heavy atom. The van der Waals surface area contributed by atoms with Crippen molar-refractivity contribution in [3.8, 4) is 16.9 Å². The van der Waals surface area contributed by atoms with Gasteiger partial charge in [0.15, 0.2) is 0 Å². The molecule has 4 rings (SSSR count). The van der Waals surface area contributed by atoms with E-state index in [1.54, 1.807) is 10.9 Å². The number of para-hydroxylation sites is 1. The summed E-state index contributed by atoms with van der Waals surface area (Å²) in [6.07, 6.45) is 1.62. The highest BCUT2D eigenvalue weighted by molar-refractivity contribution is 6.03. The maximum absolute atomic E-state index is 13.2. The molecule has 0 aliphatic carbocycles. The Balaban J connectivity index is 1.85. The number of aromatic amines is 1. The van der Waals surface area contributed by atoms with E-state index in [-0.39, 0.29) is 5.56 Å². The Morgan fingerprint density at radius 2 is 1.70 bits per heavy atom. The van der Waals surface area contributed by atoms with Gasteiger partial charge >= 0.3 is 0 Å². The third-order valence-corrected chi connectivity index (χ3v) is 4.38. The van der Waals surface area contributed by atoms with E-state index in [1.807, 2.05) is 79.7 Å². The van der Waals surface area contributed by atoms with Crippen LogP contribution in [0.1, 0.15) is 18.2 Å². The van der Waals surface area contributed by atoms with Crippen LogP contribution in [-0.2, 0) is 6.54 Å². The van der Waals surface area contributed by atoms with Crippen molar-refractivity contribution in [1.82, 2.24) is 9.78 Å². The second kappa shape index (κ2) is 7.33. The highest BCUT2D eigenvalue weighted by Gasteiger charge is 2.19. The molecule has 2 heterocycles. The van der Waals surface area contributed by atoms with Crippen molar-refractivity contribution in [1.29, 1.82) is 0 Å². The molecule has 0 aliphatic heterocycles. The number of hydrogen-bond donors (Lipinski definition) is 1. The number of aromatic nitrogens is 2. The zero-order chi connectivity index (χ0) is 18.6. The summed E-state index contributed by atoms with van der Waals surface area (Å²) >= 11 is 0. The van der Waals surface area contributed by atoms with Crippen molar-refractivity contribution in [2.24, 2.45) is 4.99 Å². The molecule has 5 heteroatoms. The molecular formula is C22H19N3O2. The van der Waals surface area contributed by atoms with Gasteiger partial charge in [-0.25, -0.2) is 4.68 Å². The van der Waals surface area contributed by atoms with Crippen LogP contribution >= 0.6 is 0 Å². The van der Waals surface area contributed by atoms with Crippen LogP contribution in [0.2, 0.25) is 0 Å². The molecule has 0 amide bonds. The predicted molar refractivity (Wildman–Crippen MR) is 106 cm³/mol. The summed E-state index contributed by atoms with van der Waals surface area (Å²) in [6.45, 7) is 2.25. The molecule has 1 N–H and O–H groups in total. The molecule has 2 aromatic heterocycles. The minimum atomic E-state index is -0.124. The van der Waals surface area contributed by atoms with Crippen LogP contribution in [0.5, 0.6) is 0 Å². The first-order chi connectivity index (χ1) is 13.2. The third-order valence-electron chi connectivity index (χ3n) is 4.38. The van der Waals surface area contributed by atoms with Crippen LogP contribution in [0.3, 0.4) is 0 Å². The molecule has 2 aromatic carbocycles. The van der Waals surface area contributed by atoms with Gasteiger partial charge in [0, 0.05) is 11.3 Å². The predicted octanol–water partition coefficient (Wildman–Crippen LogP) is 4.43. The van der Waals surface area contributed by atoms with Gasteiger partial charge in [-0.1, -0.05) is 48.5 Å². The van der Waals surface area contributed by atoms with Crippen LogP contribution in [0.25, 0.3) is 16.9 Å². The summed E-state index contributed by atoms with van der Waals surface area (Å²) in [5.74, 6) is 0.759. The van der Waals surface area contributed by atoms with Gasteiger partial charge in [-0.3, -0.25) is 14.9 Å². The first-order valence-electron chi connectivity index (χ1n) is 8.73. The number of benzene rings is 2.